The first-order valence-corrected chi connectivity index (χ1v) is 5.49. The zero-order valence-electron chi connectivity index (χ0n) is 8.33. The molecule has 1 aliphatic carbocycles. The maximum absolute atomic E-state index is 11.3. The number of aliphatic hydroxyl groups excluding tert-OH is 1. The number of hydrogen-bond donors (Lipinski definition) is 3. The van der Waals surface area contributed by atoms with E-state index < -0.39 is 0 Å². The maximum Gasteiger partial charge on any atom is 0.237 e. The van der Waals surface area contributed by atoms with E-state index in [2.05, 4.69) is 10.6 Å². The van der Waals surface area contributed by atoms with Gasteiger partial charge in [0, 0.05) is 12.6 Å². The SMILES string of the molecule is O=C1NCCC1N[C@@H]1CCCC[C@H]1O. The van der Waals surface area contributed by atoms with E-state index in [-0.39, 0.29) is 24.1 Å². The van der Waals surface area contributed by atoms with E-state index >= 15 is 0 Å². The second kappa shape index (κ2) is 4.28. The van der Waals surface area contributed by atoms with Crippen molar-refractivity contribution in [2.24, 2.45) is 0 Å². The summed E-state index contributed by atoms with van der Waals surface area (Å²) >= 11 is 0. The molecule has 2 fully saturated rings. The molecule has 1 amide bonds. The molecule has 4 nitrogen and oxygen atoms in total. The zero-order chi connectivity index (χ0) is 9.97. The molecule has 0 aromatic heterocycles. The Labute approximate surface area is 84.1 Å². The molecule has 1 unspecified atom stereocenters. The van der Waals surface area contributed by atoms with E-state index in [0.717, 1.165) is 38.6 Å². The van der Waals surface area contributed by atoms with Gasteiger partial charge in [0.05, 0.1) is 12.1 Å². The zero-order valence-corrected chi connectivity index (χ0v) is 8.33. The number of nitrogens with one attached hydrogen (secondary N) is 2. The lowest BCUT2D eigenvalue weighted by Crippen LogP contribution is -2.49. The van der Waals surface area contributed by atoms with Crippen molar-refractivity contribution in [1.29, 1.82) is 0 Å². The Bertz CT molecular complexity index is 220. The van der Waals surface area contributed by atoms with Crippen LogP contribution in [0.2, 0.25) is 0 Å². The highest BCUT2D eigenvalue weighted by Crippen LogP contribution is 2.19. The fraction of sp³-hybridized carbons (Fsp3) is 0.900. The van der Waals surface area contributed by atoms with Gasteiger partial charge in [-0.25, -0.2) is 0 Å². The predicted molar refractivity (Wildman–Crippen MR) is 52.8 cm³/mol. The Morgan fingerprint density at radius 3 is 2.71 bits per heavy atom. The molecule has 2 rings (SSSR count). The molecule has 1 saturated carbocycles. The molecule has 3 N–H and O–H groups in total. The number of carbonyl (C=O) groups is 1. The highest BCUT2D eigenvalue weighted by Gasteiger charge is 2.30. The average molecular weight is 198 g/mol. The van der Waals surface area contributed by atoms with Crippen LogP contribution in [0.3, 0.4) is 0 Å². The topological polar surface area (TPSA) is 61.4 Å². The Balaban J connectivity index is 1.86. The Hall–Kier alpha value is -0.610. The van der Waals surface area contributed by atoms with Gasteiger partial charge < -0.3 is 15.7 Å². The fourth-order valence-electron chi connectivity index (χ4n) is 2.32. The smallest absolute Gasteiger partial charge is 0.237 e. The van der Waals surface area contributed by atoms with Gasteiger partial charge in [-0.2, -0.15) is 0 Å². The van der Waals surface area contributed by atoms with Crippen molar-refractivity contribution < 1.29 is 9.90 Å². The largest absolute Gasteiger partial charge is 0.392 e. The van der Waals surface area contributed by atoms with E-state index in [1.54, 1.807) is 0 Å². The molecule has 1 aliphatic heterocycles. The second-order valence-corrected chi connectivity index (χ2v) is 4.26. The van der Waals surface area contributed by atoms with Crippen LogP contribution in [-0.2, 0) is 4.79 Å². The van der Waals surface area contributed by atoms with Crippen molar-refractivity contribution in [1.82, 2.24) is 10.6 Å². The fourth-order valence-corrected chi connectivity index (χ4v) is 2.32. The summed E-state index contributed by atoms with van der Waals surface area (Å²) in [6.07, 6.45) is 4.70. The minimum atomic E-state index is -0.267. The first-order chi connectivity index (χ1) is 6.77. The van der Waals surface area contributed by atoms with Crippen LogP contribution in [0, 0.1) is 0 Å². The summed E-state index contributed by atoms with van der Waals surface area (Å²) in [5.74, 6) is 0.0859. The molecule has 14 heavy (non-hydrogen) atoms. The maximum atomic E-state index is 11.3. The van der Waals surface area contributed by atoms with Gasteiger partial charge in [-0.1, -0.05) is 12.8 Å². The van der Waals surface area contributed by atoms with Crippen LogP contribution in [0.1, 0.15) is 32.1 Å². The third kappa shape index (κ3) is 2.07. The minimum Gasteiger partial charge on any atom is -0.392 e. The van der Waals surface area contributed by atoms with Crippen LogP contribution in [0.5, 0.6) is 0 Å². The Kier molecular flexibility index (Phi) is 3.03. The highest BCUT2D eigenvalue weighted by molar-refractivity contribution is 5.83. The van der Waals surface area contributed by atoms with Gasteiger partial charge in [-0.15, -0.1) is 0 Å². The first-order valence-electron chi connectivity index (χ1n) is 5.49. The van der Waals surface area contributed by atoms with Gasteiger partial charge in [0.1, 0.15) is 0 Å². The molecule has 2 aliphatic rings. The highest BCUT2D eigenvalue weighted by atomic mass is 16.3. The first kappa shape index (κ1) is 9.93. The van der Waals surface area contributed by atoms with Gasteiger partial charge in [0.2, 0.25) is 5.91 Å². The third-order valence-corrected chi connectivity index (χ3v) is 3.19. The van der Waals surface area contributed by atoms with E-state index in [0.29, 0.717) is 0 Å². The molecule has 1 heterocycles. The summed E-state index contributed by atoms with van der Waals surface area (Å²) in [5.41, 5.74) is 0. The lowest BCUT2D eigenvalue weighted by molar-refractivity contribution is -0.121. The van der Waals surface area contributed by atoms with Crippen LogP contribution < -0.4 is 10.6 Å². The normalized spacial score (nSPS) is 38.4. The molecule has 3 atom stereocenters. The monoisotopic (exact) mass is 198 g/mol. The van der Waals surface area contributed by atoms with E-state index in [9.17, 15) is 9.90 Å². The number of hydrogen-bond acceptors (Lipinski definition) is 3. The summed E-state index contributed by atoms with van der Waals surface area (Å²) in [4.78, 5) is 11.3. The van der Waals surface area contributed by atoms with Gasteiger partial charge in [0.15, 0.2) is 0 Å². The standard InChI is InChI=1S/C10H18N2O2/c13-9-4-2-1-3-7(9)12-8-5-6-11-10(8)14/h7-9,12-13H,1-6H2,(H,11,14)/t7-,8?,9-/m1/s1. The van der Waals surface area contributed by atoms with Crippen LogP contribution in [0.4, 0.5) is 0 Å². The molecule has 0 aromatic rings. The van der Waals surface area contributed by atoms with Crippen molar-refractivity contribution in [2.45, 2.75) is 50.3 Å². The molecular formula is C10H18N2O2. The number of amides is 1. The number of rotatable bonds is 2. The van der Waals surface area contributed by atoms with Crippen molar-refractivity contribution in [2.75, 3.05) is 6.54 Å². The molecule has 0 bridgehead atoms. The lowest BCUT2D eigenvalue weighted by atomic mass is 9.92. The van der Waals surface area contributed by atoms with Crippen molar-refractivity contribution >= 4 is 5.91 Å². The summed E-state index contributed by atoms with van der Waals surface area (Å²) in [7, 11) is 0. The molecule has 0 spiro atoms. The van der Waals surface area contributed by atoms with Crippen LogP contribution in [-0.4, -0.2) is 35.7 Å². The quantitative estimate of drug-likeness (QED) is 0.574. The summed E-state index contributed by atoms with van der Waals surface area (Å²) in [6.45, 7) is 0.763. The van der Waals surface area contributed by atoms with Crippen LogP contribution in [0.15, 0.2) is 0 Å². The van der Waals surface area contributed by atoms with E-state index in [1.807, 2.05) is 0 Å². The van der Waals surface area contributed by atoms with Gasteiger partial charge in [0.25, 0.3) is 0 Å². The molecular weight excluding hydrogens is 180 g/mol. The van der Waals surface area contributed by atoms with E-state index in [1.165, 1.54) is 0 Å². The number of carbonyl (C=O) groups excluding carboxylic acids is 1. The van der Waals surface area contributed by atoms with Crippen molar-refractivity contribution in [3.63, 3.8) is 0 Å². The van der Waals surface area contributed by atoms with Gasteiger partial charge in [-0.3, -0.25) is 4.79 Å². The molecule has 1 saturated heterocycles. The molecule has 0 radical (unpaired) electrons. The van der Waals surface area contributed by atoms with Crippen molar-refractivity contribution in [3.8, 4) is 0 Å². The third-order valence-electron chi connectivity index (χ3n) is 3.19. The molecule has 0 aromatic carbocycles. The summed E-state index contributed by atoms with van der Waals surface area (Å²) in [5, 5.41) is 15.8. The van der Waals surface area contributed by atoms with Crippen LogP contribution in [0.25, 0.3) is 0 Å². The molecule has 4 heteroatoms. The van der Waals surface area contributed by atoms with Gasteiger partial charge in [-0.05, 0) is 19.3 Å². The minimum absolute atomic E-state index is 0.0762. The Morgan fingerprint density at radius 2 is 2.07 bits per heavy atom. The Morgan fingerprint density at radius 1 is 1.29 bits per heavy atom. The lowest BCUT2D eigenvalue weighted by Gasteiger charge is -2.30. The second-order valence-electron chi connectivity index (χ2n) is 4.26. The summed E-state index contributed by atoms with van der Waals surface area (Å²) in [6, 6.07) is 0.0466. The van der Waals surface area contributed by atoms with Crippen molar-refractivity contribution in [3.05, 3.63) is 0 Å². The molecule has 80 valence electrons. The predicted octanol–water partition coefficient (Wildman–Crippen LogP) is -0.232. The van der Waals surface area contributed by atoms with Gasteiger partial charge >= 0.3 is 0 Å². The number of aliphatic hydroxyl groups is 1. The van der Waals surface area contributed by atoms with Crippen LogP contribution >= 0.6 is 0 Å². The average Bonchev–Trinajstić information content (AvgIpc) is 2.56. The van der Waals surface area contributed by atoms with E-state index in [4.69, 9.17) is 0 Å². The summed E-state index contributed by atoms with van der Waals surface area (Å²) < 4.78 is 0.